The molecular formula is C16H31NO4. The molecule has 0 bridgehead atoms. The summed E-state index contributed by atoms with van der Waals surface area (Å²) in [6, 6.07) is 0. The number of rotatable bonds is 12. The maximum Gasteiger partial charge on any atom is 0.220 e. The van der Waals surface area contributed by atoms with Crippen LogP contribution >= 0.6 is 0 Å². The second-order valence-corrected chi connectivity index (χ2v) is 6.09. The number of amides is 1. The van der Waals surface area contributed by atoms with Gasteiger partial charge in [0.2, 0.25) is 5.91 Å². The first-order chi connectivity index (χ1) is 9.76. The summed E-state index contributed by atoms with van der Waals surface area (Å²) >= 11 is 0. The van der Waals surface area contributed by atoms with E-state index in [0.717, 1.165) is 19.3 Å². The first kappa shape index (κ1) is 20.1. The third kappa shape index (κ3) is 12.5. The Morgan fingerprint density at radius 1 is 1.24 bits per heavy atom. The van der Waals surface area contributed by atoms with Crippen LogP contribution in [0.2, 0.25) is 0 Å². The van der Waals surface area contributed by atoms with E-state index in [1.807, 2.05) is 20.8 Å². The summed E-state index contributed by atoms with van der Waals surface area (Å²) in [6.45, 7) is 8.92. The van der Waals surface area contributed by atoms with Crippen LogP contribution in [0.4, 0.5) is 0 Å². The van der Waals surface area contributed by atoms with Crippen LogP contribution in [-0.2, 0) is 19.1 Å². The summed E-state index contributed by atoms with van der Waals surface area (Å²) in [5.41, 5.74) is -0.148. The summed E-state index contributed by atoms with van der Waals surface area (Å²) in [6.07, 6.45) is 3.41. The first-order valence-corrected chi connectivity index (χ1v) is 7.69. The second-order valence-electron chi connectivity index (χ2n) is 6.09. The number of carbonyl (C=O) groups excluding carboxylic acids is 2. The van der Waals surface area contributed by atoms with Crippen molar-refractivity contribution < 1.29 is 19.1 Å². The van der Waals surface area contributed by atoms with Gasteiger partial charge in [0.1, 0.15) is 5.78 Å². The lowest BCUT2D eigenvalue weighted by Gasteiger charge is -2.23. The Bertz CT molecular complexity index is 315. The lowest BCUT2D eigenvalue weighted by Crippen LogP contribution is -2.27. The van der Waals surface area contributed by atoms with Crippen molar-refractivity contribution in [3.05, 3.63) is 0 Å². The molecule has 0 aliphatic rings. The molecule has 0 saturated heterocycles. The molecule has 1 amide bonds. The highest BCUT2D eigenvalue weighted by Crippen LogP contribution is 2.13. The lowest BCUT2D eigenvalue weighted by atomic mass is 10.1. The smallest absolute Gasteiger partial charge is 0.220 e. The SMILES string of the molecule is COC(C)(C)CCOC(C)CCCNC(=O)CCC(C)=O. The Hall–Kier alpha value is -0.940. The summed E-state index contributed by atoms with van der Waals surface area (Å²) in [5, 5.41) is 2.82. The molecule has 0 fully saturated rings. The minimum Gasteiger partial charge on any atom is -0.379 e. The standard InChI is InChI=1S/C16H31NO4/c1-13(18)8-9-15(19)17-11-6-7-14(2)21-12-10-16(3,4)20-5/h14H,6-12H2,1-5H3,(H,17,19). The van der Waals surface area contributed by atoms with E-state index in [0.29, 0.717) is 19.6 Å². The van der Waals surface area contributed by atoms with Gasteiger partial charge < -0.3 is 19.6 Å². The van der Waals surface area contributed by atoms with E-state index in [4.69, 9.17) is 9.47 Å². The fraction of sp³-hybridized carbons (Fsp3) is 0.875. The molecule has 1 unspecified atom stereocenters. The molecule has 124 valence electrons. The molecule has 5 heteroatoms. The van der Waals surface area contributed by atoms with Gasteiger partial charge in [0.05, 0.1) is 11.7 Å². The van der Waals surface area contributed by atoms with Gasteiger partial charge >= 0.3 is 0 Å². The number of hydrogen-bond acceptors (Lipinski definition) is 4. The van der Waals surface area contributed by atoms with E-state index in [-0.39, 0.29) is 29.8 Å². The molecule has 0 saturated carbocycles. The molecule has 0 aromatic rings. The molecule has 21 heavy (non-hydrogen) atoms. The van der Waals surface area contributed by atoms with Crippen molar-refractivity contribution in [3.8, 4) is 0 Å². The average Bonchev–Trinajstić information content (AvgIpc) is 2.41. The van der Waals surface area contributed by atoms with Gasteiger partial charge in [0, 0.05) is 33.1 Å². The molecule has 0 spiro atoms. The number of nitrogens with one attached hydrogen (secondary N) is 1. The van der Waals surface area contributed by atoms with Crippen LogP contribution in [0.15, 0.2) is 0 Å². The Balaban J connectivity index is 3.55. The highest BCUT2D eigenvalue weighted by atomic mass is 16.5. The lowest BCUT2D eigenvalue weighted by molar-refractivity contribution is -0.124. The number of Topliss-reactive ketones (excluding diaryl/α,β-unsaturated/α-hetero) is 1. The second kappa shape index (κ2) is 10.7. The van der Waals surface area contributed by atoms with Crippen molar-refractivity contribution in [1.29, 1.82) is 0 Å². The maximum atomic E-state index is 11.4. The number of ether oxygens (including phenoxy) is 2. The van der Waals surface area contributed by atoms with Crippen molar-refractivity contribution in [3.63, 3.8) is 0 Å². The maximum absolute atomic E-state index is 11.4. The predicted molar refractivity (Wildman–Crippen MR) is 83.3 cm³/mol. The van der Waals surface area contributed by atoms with Crippen molar-refractivity contribution in [2.24, 2.45) is 0 Å². The molecule has 0 aromatic carbocycles. The fourth-order valence-electron chi connectivity index (χ4n) is 1.69. The van der Waals surface area contributed by atoms with Gasteiger partial charge in [-0.2, -0.15) is 0 Å². The van der Waals surface area contributed by atoms with Crippen molar-refractivity contribution in [2.75, 3.05) is 20.3 Å². The summed E-state index contributed by atoms with van der Waals surface area (Å²) in [4.78, 5) is 22.2. The van der Waals surface area contributed by atoms with Crippen molar-refractivity contribution >= 4 is 11.7 Å². The van der Waals surface area contributed by atoms with Crippen LogP contribution in [0.1, 0.15) is 59.8 Å². The zero-order valence-corrected chi connectivity index (χ0v) is 14.2. The van der Waals surface area contributed by atoms with E-state index in [1.54, 1.807) is 7.11 Å². The molecule has 1 atom stereocenters. The summed E-state index contributed by atoms with van der Waals surface area (Å²) in [7, 11) is 1.71. The largest absolute Gasteiger partial charge is 0.379 e. The molecule has 5 nitrogen and oxygen atoms in total. The molecule has 1 N–H and O–H groups in total. The van der Waals surface area contributed by atoms with E-state index in [1.165, 1.54) is 6.92 Å². The third-order valence-corrected chi connectivity index (χ3v) is 3.47. The van der Waals surface area contributed by atoms with E-state index in [2.05, 4.69) is 5.32 Å². The highest BCUT2D eigenvalue weighted by molar-refractivity contribution is 5.83. The monoisotopic (exact) mass is 301 g/mol. The Kier molecular flexibility index (Phi) is 10.3. The predicted octanol–water partition coefficient (Wildman–Crippen LogP) is 2.47. The van der Waals surface area contributed by atoms with Gasteiger partial charge in [-0.1, -0.05) is 0 Å². The molecule has 0 rings (SSSR count). The molecule has 0 aliphatic carbocycles. The number of ketones is 1. The quantitative estimate of drug-likeness (QED) is 0.562. The molecular weight excluding hydrogens is 270 g/mol. The molecule has 0 radical (unpaired) electrons. The zero-order chi connectivity index (χ0) is 16.3. The molecule has 0 aliphatic heterocycles. The fourth-order valence-corrected chi connectivity index (χ4v) is 1.69. The highest BCUT2D eigenvalue weighted by Gasteiger charge is 2.16. The van der Waals surface area contributed by atoms with Crippen molar-refractivity contribution in [1.82, 2.24) is 5.32 Å². The van der Waals surface area contributed by atoms with Gasteiger partial charge in [-0.3, -0.25) is 4.79 Å². The Labute approximate surface area is 128 Å². The first-order valence-electron chi connectivity index (χ1n) is 7.69. The van der Waals surface area contributed by atoms with Crippen LogP contribution in [0.5, 0.6) is 0 Å². The van der Waals surface area contributed by atoms with Gasteiger partial charge in [0.15, 0.2) is 0 Å². The Morgan fingerprint density at radius 3 is 2.48 bits per heavy atom. The van der Waals surface area contributed by atoms with E-state index in [9.17, 15) is 9.59 Å². The molecule has 0 heterocycles. The van der Waals surface area contributed by atoms with E-state index >= 15 is 0 Å². The zero-order valence-electron chi connectivity index (χ0n) is 14.2. The topological polar surface area (TPSA) is 64.6 Å². The van der Waals surface area contributed by atoms with Gasteiger partial charge in [-0.05, 0) is 47.0 Å². The minimum absolute atomic E-state index is 0.0474. The van der Waals surface area contributed by atoms with Crippen LogP contribution in [-0.4, -0.2) is 43.7 Å². The van der Waals surface area contributed by atoms with Crippen LogP contribution in [0.25, 0.3) is 0 Å². The summed E-state index contributed by atoms with van der Waals surface area (Å²) in [5.74, 6) is -0.00762. The number of methoxy groups -OCH3 is 1. The van der Waals surface area contributed by atoms with Crippen molar-refractivity contribution in [2.45, 2.75) is 71.5 Å². The van der Waals surface area contributed by atoms with Gasteiger partial charge in [-0.25, -0.2) is 0 Å². The van der Waals surface area contributed by atoms with Crippen LogP contribution in [0.3, 0.4) is 0 Å². The van der Waals surface area contributed by atoms with Crippen LogP contribution in [0, 0.1) is 0 Å². The number of hydrogen-bond donors (Lipinski definition) is 1. The van der Waals surface area contributed by atoms with E-state index < -0.39 is 0 Å². The molecule has 0 aromatic heterocycles. The minimum atomic E-state index is -0.148. The third-order valence-electron chi connectivity index (χ3n) is 3.47. The van der Waals surface area contributed by atoms with Gasteiger partial charge in [-0.15, -0.1) is 0 Å². The summed E-state index contributed by atoms with van der Waals surface area (Å²) < 4.78 is 11.1. The normalized spacial score (nSPS) is 13.0. The number of carbonyl (C=O) groups is 2. The Morgan fingerprint density at radius 2 is 1.90 bits per heavy atom. The van der Waals surface area contributed by atoms with Crippen LogP contribution < -0.4 is 5.32 Å². The average molecular weight is 301 g/mol. The van der Waals surface area contributed by atoms with Gasteiger partial charge in [0.25, 0.3) is 0 Å².